The summed E-state index contributed by atoms with van der Waals surface area (Å²) in [5.41, 5.74) is -0.633. The summed E-state index contributed by atoms with van der Waals surface area (Å²) < 4.78 is 4.74. The molecule has 1 aliphatic carbocycles. The van der Waals surface area contributed by atoms with Crippen LogP contribution in [-0.4, -0.2) is 18.3 Å². The van der Waals surface area contributed by atoms with E-state index in [9.17, 15) is 9.59 Å². The highest BCUT2D eigenvalue weighted by Gasteiger charge is 2.41. The molecular weight excluding hydrogens is 204 g/mol. The van der Waals surface area contributed by atoms with Crippen LogP contribution < -0.4 is 0 Å². The lowest BCUT2D eigenvalue weighted by Gasteiger charge is -2.33. The average Bonchev–Trinajstić information content (AvgIpc) is 2.17. The van der Waals surface area contributed by atoms with Gasteiger partial charge in [-0.2, -0.15) is 0 Å². The summed E-state index contributed by atoms with van der Waals surface area (Å²) in [5.74, 6) is -0.286. The molecule has 80 valence electrons. The Hall–Kier alpha value is -0.570. The molecule has 0 bridgehead atoms. The minimum atomic E-state index is -0.633. The van der Waals surface area contributed by atoms with Crippen molar-refractivity contribution in [1.29, 1.82) is 0 Å². The zero-order valence-corrected chi connectivity index (χ0v) is 9.10. The van der Waals surface area contributed by atoms with Crippen molar-refractivity contribution < 1.29 is 14.3 Å². The Morgan fingerprint density at radius 1 is 1.29 bits per heavy atom. The van der Waals surface area contributed by atoms with Crippen LogP contribution in [0.15, 0.2) is 0 Å². The molecule has 14 heavy (non-hydrogen) atoms. The van der Waals surface area contributed by atoms with Crippen molar-refractivity contribution in [3.63, 3.8) is 0 Å². The molecule has 0 aliphatic heterocycles. The fourth-order valence-corrected chi connectivity index (χ4v) is 2.42. The summed E-state index contributed by atoms with van der Waals surface area (Å²) in [4.78, 5) is 22.5. The second kappa shape index (κ2) is 4.78. The van der Waals surface area contributed by atoms with Crippen LogP contribution >= 0.6 is 11.6 Å². The van der Waals surface area contributed by atoms with Crippen molar-refractivity contribution in [2.45, 2.75) is 38.5 Å². The van der Waals surface area contributed by atoms with Gasteiger partial charge in [0.05, 0.1) is 12.5 Å². The van der Waals surface area contributed by atoms with E-state index in [1.54, 1.807) is 0 Å². The molecule has 1 saturated carbocycles. The molecule has 0 radical (unpaired) electrons. The molecule has 0 amide bonds. The van der Waals surface area contributed by atoms with Gasteiger partial charge < -0.3 is 4.74 Å². The summed E-state index contributed by atoms with van der Waals surface area (Å²) >= 11 is 5.36. The van der Waals surface area contributed by atoms with Gasteiger partial charge in [-0.15, -0.1) is 0 Å². The van der Waals surface area contributed by atoms with Gasteiger partial charge in [-0.25, -0.2) is 0 Å². The number of halogens is 1. The molecule has 0 aromatic rings. The number of ether oxygens (including phenoxy) is 1. The molecule has 0 heterocycles. The highest BCUT2D eigenvalue weighted by atomic mass is 35.5. The van der Waals surface area contributed by atoms with Crippen molar-refractivity contribution in [3.8, 4) is 0 Å². The number of methoxy groups -OCH3 is 1. The van der Waals surface area contributed by atoms with Gasteiger partial charge in [-0.05, 0) is 24.4 Å². The van der Waals surface area contributed by atoms with E-state index < -0.39 is 10.7 Å². The minimum Gasteiger partial charge on any atom is -0.469 e. The molecule has 1 rings (SSSR count). The third-order valence-electron chi connectivity index (χ3n) is 2.91. The van der Waals surface area contributed by atoms with Crippen LogP contribution in [0.1, 0.15) is 38.5 Å². The molecule has 0 N–H and O–H groups in total. The minimum absolute atomic E-state index is 0.112. The van der Waals surface area contributed by atoms with Crippen molar-refractivity contribution in [1.82, 2.24) is 0 Å². The lowest BCUT2D eigenvalue weighted by molar-refractivity contribution is -0.156. The first-order valence-corrected chi connectivity index (χ1v) is 5.25. The number of hydrogen-bond acceptors (Lipinski definition) is 3. The van der Waals surface area contributed by atoms with Crippen molar-refractivity contribution >= 4 is 22.8 Å². The lowest BCUT2D eigenvalue weighted by Crippen LogP contribution is -2.35. The molecule has 1 fully saturated rings. The maximum Gasteiger partial charge on any atom is 0.312 e. The number of carbonyl (C=O) groups excluding carboxylic acids is 2. The molecule has 1 aliphatic rings. The quantitative estimate of drug-likeness (QED) is 0.539. The fraction of sp³-hybridized carbons (Fsp3) is 0.800. The Bertz CT molecular complexity index is 232. The van der Waals surface area contributed by atoms with Crippen LogP contribution in [0.25, 0.3) is 0 Å². The third-order valence-corrected chi connectivity index (χ3v) is 3.04. The molecule has 0 aromatic carbocycles. The van der Waals surface area contributed by atoms with Crippen LogP contribution in [-0.2, 0) is 14.3 Å². The highest BCUT2D eigenvalue weighted by molar-refractivity contribution is 6.63. The van der Waals surface area contributed by atoms with E-state index in [0.717, 1.165) is 32.1 Å². The number of esters is 1. The van der Waals surface area contributed by atoms with Gasteiger partial charge in [-0.1, -0.05) is 19.3 Å². The van der Waals surface area contributed by atoms with E-state index in [1.165, 1.54) is 7.11 Å². The van der Waals surface area contributed by atoms with Gasteiger partial charge in [0.15, 0.2) is 0 Å². The summed E-state index contributed by atoms with van der Waals surface area (Å²) in [7, 11) is 1.36. The summed E-state index contributed by atoms with van der Waals surface area (Å²) in [5, 5.41) is -0.447. The lowest BCUT2D eigenvalue weighted by atomic mass is 9.72. The van der Waals surface area contributed by atoms with E-state index in [0.29, 0.717) is 0 Å². The molecule has 0 aromatic heterocycles. The average molecular weight is 219 g/mol. The largest absolute Gasteiger partial charge is 0.469 e. The topological polar surface area (TPSA) is 43.4 Å². The first-order valence-electron chi connectivity index (χ1n) is 4.87. The van der Waals surface area contributed by atoms with Crippen LogP contribution in [0, 0.1) is 5.41 Å². The van der Waals surface area contributed by atoms with Gasteiger partial charge in [0.1, 0.15) is 0 Å². The zero-order chi connectivity index (χ0) is 10.6. The Balaban J connectivity index is 2.76. The number of hydrogen-bond donors (Lipinski definition) is 0. The number of rotatable bonds is 3. The van der Waals surface area contributed by atoms with Crippen LogP contribution in [0.3, 0.4) is 0 Å². The highest BCUT2D eigenvalue weighted by Crippen LogP contribution is 2.40. The van der Waals surface area contributed by atoms with E-state index in [-0.39, 0.29) is 12.4 Å². The molecule has 4 heteroatoms. The standard InChI is InChI=1S/C10H15ClO3/c1-14-9(13)10(7-8(11)12)5-3-2-4-6-10/h2-7H2,1H3. The maximum absolute atomic E-state index is 11.6. The van der Waals surface area contributed by atoms with Gasteiger partial charge in [0.2, 0.25) is 5.24 Å². The first-order chi connectivity index (χ1) is 6.60. The Morgan fingerprint density at radius 2 is 1.86 bits per heavy atom. The second-order valence-electron chi connectivity index (χ2n) is 3.86. The van der Waals surface area contributed by atoms with E-state index in [4.69, 9.17) is 16.3 Å². The number of carbonyl (C=O) groups is 2. The molecule has 0 unspecified atom stereocenters. The third kappa shape index (κ3) is 2.47. The predicted octanol–water partition coefficient (Wildman–Crippen LogP) is 2.27. The molecule has 0 spiro atoms. The molecule has 3 nitrogen and oxygen atoms in total. The Kier molecular flexibility index (Phi) is 3.93. The molecule has 0 atom stereocenters. The van der Waals surface area contributed by atoms with Gasteiger partial charge in [-0.3, -0.25) is 9.59 Å². The zero-order valence-electron chi connectivity index (χ0n) is 8.35. The van der Waals surface area contributed by atoms with Crippen molar-refractivity contribution in [3.05, 3.63) is 0 Å². The maximum atomic E-state index is 11.6. The van der Waals surface area contributed by atoms with Crippen LogP contribution in [0.2, 0.25) is 0 Å². The van der Waals surface area contributed by atoms with E-state index in [1.807, 2.05) is 0 Å². The first kappa shape index (κ1) is 11.5. The van der Waals surface area contributed by atoms with Crippen molar-refractivity contribution in [2.75, 3.05) is 7.11 Å². The van der Waals surface area contributed by atoms with E-state index >= 15 is 0 Å². The van der Waals surface area contributed by atoms with Crippen molar-refractivity contribution in [2.24, 2.45) is 5.41 Å². The van der Waals surface area contributed by atoms with Gasteiger partial charge in [0, 0.05) is 6.42 Å². The monoisotopic (exact) mass is 218 g/mol. The van der Waals surface area contributed by atoms with E-state index in [2.05, 4.69) is 0 Å². The molecule has 0 saturated heterocycles. The summed E-state index contributed by atoms with van der Waals surface area (Å²) in [6.45, 7) is 0. The normalized spacial score (nSPS) is 20.1. The Labute approximate surface area is 88.8 Å². The summed E-state index contributed by atoms with van der Waals surface area (Å²) in [6.07, 6.45) is 4.62. The predicted molar refractivity (Wildman–Crippen MR) is 53.0 cm³/mol. The summed E-state index contributed by atoms with van der Waals surface area (Å²) in [6, 6.07) is 0. The second-order valence-corrected chi connectivity index (χ2v) is 4.29. The van der Waals surface area contributed by atoms with Gasteiger partial charge in [0.25, 0.3) is 0 Å². The Morgan fingerprint density at radius 3 is 2.29 bits per heavy atom. The fourth-order valence-electron chi connectivity index (χ4n) is 2.16. The van der Waals surface area contributed by atoms with Gasteiger partial charge >= 0.3 is 5.97 Å². The molecular formula is C10H15ClO3. The van der Waals surface area contributed by atoms with Crippen LogP contribution in [0.5, 0.6) is 0 Å². The smallest absolute Gasteiger partial charge is 0.312 e. The SMILES string of the molecule is COC(=O)C1(CC(=O)Cl)CCCCC1. The van der Waals surface area contributed by atoms with Crippen LogP contribution in [0.4, 0.5) is 0 Å².